The van der Waals surface area contributed by atoms with Crippen LogP contribution in [0.1, 0.15) is 28.1 Å². The monoisotopic (exact) mass is 444 g/mol. The molecule has 6 nitrogen and oxygen atoms in total. The summed E-state index contributed by atoms with van der Waals surface area (Å²) in [6, 6.07) is 18.8. The largest absolute Gasteiger partial charge is 0.352 e. The van der Waals surface area contributed by atoms with Crippen molar-refractivity contribution in [3.63, 3.8) is 0 Å². The molecule has 2 aromatic heterocycles. The summed E-state index contributed by atoms with van der Waals surface area (Å²) in [7, 11) is 0. The molecule has 1 aliphatic heterocycles. The zero-order valence-electron chi connectivity index (χ0n) is 17.7. The number of anilines is 1. The summed E-state index contributed by atoms with van der Waals surface area (Å²) < 4.78 is 1.69. The predicted octanol–water partition coefficient (Wildman–Crippen LogP) is 4.02. The number of nitrogens with zero attached hydrogens (tertiary/aromatic N) is 3. The highest BCUT2D eigenvalue weighted by molar-refractivity contribution is 7.09. The van der Waals surface area contributed by atoms with Crippen molar-refractivity contribution in [2.45, 2.75) is 19.3 Å². The molecular weight excluding hydrogens is 420 g/mol. The normalized spacial score (nSPS) is 13.6. The maximum atomic E-state index is 13.5. The van der Waals surface area contributed by atoms with Crippen molar-refractivity contribution in [3.8, 4) is 5.69 Å². The number of aromatic nitrogens is 2. The number of para-hydroxylation sites is 1. The summed E-state index contributed by atoms with van der Waals surface area (Å²) in [6.45, 7) is 2.31. The molecule has 7 heteroatoms. The van der Waals surface area contributed by atoms with Crippen LogP contribution in [-0.4, -0.2) is 35.1 Å². The van der Waals surface area contributed by atoms with Crippen molar-refractivity contribution in [2.75, 3.05) is 24.5 Å². The lowest BCUT2D eigenvalue weighted by molar-refractivity contribution is 0.0954. The van der Waals surface area contributed by atoms with Gasteiger partial charge in [0.15, 0.2) is 0 Å². The number of hydrogen-bond donors (Lipinski definition) is 1. The van der Waals surface area contributed by atoms with Crippen LogP contribution < -0.4 is 15.8 Å². The summed E-state index contributed by atoms with van der Waals surface area (Å²) in [6.07, 6.45) is 2.96. The zero-order valence-corrected chi connectivity index (χ0v) is 18.5. The van der Waals surface area contributed by atoms with Crippen molar-refractivity contribution in [2.24, 2.45) is 0 Å². The van der Waals surface area contributed by atoms with Crippen LogP contribution in [0.15, 0.2) is 70.8 Å². The van der Waals surface area contributed by atoms with Gasteiger partial charge in [0.25, 0.3) is 11.5 Å². The Kier molecular flexibility index (Phi) is 5.73. The predicted molar refractivity (Wildman–Crippen MR) is 129 cm³/mol. The first-order chi connectivity index (χ1) is 15.7. The van der Waals surface area contributed by atoms with E-state index in [4.69, 9.17) is 4.98 Å². The summed E-state index contributed by atoms with van der Waals surface area (Å²) in [4.78, 5) is 34.5. The van der Waals surface area contributed by atoms with E-state index < -0.39 is 0 Å². The minimum absolute atomic E-state index is 0.118. The van der Waals surface area contributed by atoms with Crippen LogP contribution in [0.4, 0.5) is 5.95 Å². The van der Waals surface area contributed by atoms with E-state index in [1.54, 1.807) is 34.1 Å². The van der Waals surface area contributed by atoms with E-state index in [9.17, 15) is 9.59 Å². The molecule has 0 radical (unpaired) electrons. The Morgan fingerprint density at radius 1 is 1.03 bits per heavy atom. The van der Waals surface area contributed by atoms with Crippen molar-refractivity contribution in [1.29, 1.82) is 0 Å². The highest BCUT2D eigenvalue weighted by Gasteiger charge is 2.21. The Hall–Kier alpha value is -3.45. The lowest BCUT2D eigenvalue weighted by Crippen LogP contribution is -2.30. The molecule has 1 N–H and O–H groups in total. The van der Waals surface area contributed by atoms with Crippen molar-refractivity contribution < 1.29 is 4.79 Å². The molecule has 1 aliphatic rings. The third-order valence-corrected chi connectivity index (χ3v) is 6.69. The number of nitrogens with one attached hydrogen (secondary N) is 1. The van der Waals surface area contributed by atoms with Crippen molar-refractivity contribution in [3.05, 3.63) is 86.8 Å². The molecule has 0 spiro atoms. The van der Waals surface area contributed by atoms with Crippen LogP contribution in [0.5, 0.6) is 0 Å². The Labute approximate surface area is 190 Å². The molecule has 4 aromatic rings. The standard InChI is InChI=1S/C25H24N4O2S/c30-23(26-13-12-20-9-6-16-32-20)18-10-11-21-22(17-18)27-25(28-14-4-5-15-28)29(24(21)31)19-7-2-1-3-8-19/h1-3,6-11,16-17H,4-5,12-15H2,(H,26,30). The summed E-state index contributed by atoms with van der Waals surface area (Å²) in [5, 5.41) is 5.51. The SMILES string of the molecule is O=C(NCCc1cccs1)c1ccc2c(=O)n(-c3ccccc3)c(N3CCCC3)nc2c1. The Morgan fingerprint density at radius 2 is 1.84 bits per heavy atom. The second-order valence-corrected chi connectivity index (χ2v) is 8.93. The smallest absolute Gasteiger partial charge is 0.267 e. The van der Waals surface area contributed by atoms with Crippen LogP contribution in [0.3, 0.4) is 0 Å². The van der Waals surface area contributed by atoms with Gasteiger partial charge in [-0.05, 0) is 61.0 Å². The van der Waals surface area contributed by atoms with E-state index in [1.165, 1.54) is 4.88 Å². The average Bonchev–Trinajstić information content (AvgIpc) is 3.54. The number of benzene rings is 2. The quantitative estimate of drug-likeness (QED) is 0.488. The van der Waals surface area contributed by atoms with Gasteiger partial charge >= 0.3 is 0 Å². The van der Waals surface area contributed by atoms with Gasteiger partial charge in [0.2, 0.25) is 5.95 Å². The minimum Gasteiger partial charge on any atom is -0.352 e. The second kappa shape index (κ2) is 8.96. The minimum atomic E-state index is -0.153. The lowest BCUT2D eigenvalue weighted by Gasteiger charge is -2.22. The molecule has 5 rings (SSSR count). The van der Waals surface area contributed by atoms with Crippen LogP contribution in [0.25, 0.3) is 16.6 Å². The molecule has 1 fully saturated rings. The number of carbonyl (C=O) groups is 1. The number of hydrogen-bond acceptors (Lipinski definition) is 5. The molecule has 2 aromatic carbocycles. The van der Waals surface area contributed by atoms with Crippen LogP contribution in [-0.2, 0) is 6.42 Å². The molecule has 1 saturated heterocycles. The van der Waals surface area contributed by atoms with Crippen LogP contribution in [0, 0.1) is 0 Å². The van der Waals surface area contributed by atoms with Crippen molar-refractivity contribution >= 4 is 34.1 Å². The molecule has 3 heterocycles. The maximum Gasteiger partial charge on any atom is 0.267 e. The van der Waals surface area contributed by atoms with Gasteiger partial charge < -0.3 is 10.2 Å². The Balaban J connectivity index is 1.50. The first kappa shape index (κ1) is 20.5. The molecule has 0 saturated carbocycles. The van der Waals surface area contributed by atoms with E-state index in [0.29, 0.717) is 29.0 Å². The summed E-state index contributed by atoms with van der Waals surface area (Å²) in [5.41, 5.74) is 1.74. The van der Waals surface area contributed by atoms with Gasteiger partial charge in [0.05, 0.1) is 16.6 Å². The number of rotatable bonds is 6. The fourth-order valence-electron chi connectivity index (χ4n) is 4.11. The Morgan fingerprint density at radius 3 is 2.59 bits per heavy atom. The van der Waals surface area contributed by atoms with Gasteiger partial charge in [0.1, 0.15) is 0 Å². The van der Waals surface area contributed by atoms with Gasteiger partial charge in [-0.15, -0.1) is 11.3 Å². The number of fused-ring (bicyclic) bond motifs is 1. The molecule has 0 unspecified atom stereocenters. The number of thiophene rings is 1. The van der Waals surface area contributed by atoms with E-state index in [1.807, 2.05) is 41.8 Å². The molecule has 0 aliphatic carbocycles. The highest BCUT2D eigenvalue weighted by atomic mass is 32.1. The third-order valence-electron chi connectivity index (χ3n) is 5.75. The fourth-order valence-corrected chi connectivity index (χ4v) is 4.82. The van der Waals surface area contributed by atoms with E-state index in [-0.39, 0.29) is 11.5 Å². The lowest BCUT2D eigenvalue weighted by atomic mass is 10.1. The van der Waals surface area contributed by atoms with Gasteiger partial charge in [-0.2, -0.15) is 0 Å². The first-order valence-electron chi connectivity index (χ1n) is 10.9. The maximum absolute atomic E-state index is 13.5. The van der Waals surface area contributed by atoms with Gasteiger partial charge in [0, 0.05) is 30.1 Å². The Bertz CT molecular complexity index is 1290. The van der Waals surface area contributed by atoms with Crippen LogP contribution in [0.2, 0.25) is 0 Å². The van der Waals surface area contributed by atoms with Crippen LogP contribution >= 0.6 is 11.3 Å². The number of amides is 1. The fraction of sp³-hybridized carbons (Fsp3) is 0.240. The number of carbonyl (C=O) groups excluding carboxylic acids is 1. The van der Waals surface area contributed by atoms with E-state index in [0.717, 1.165) is 38.0 Å². The molecule has 1 amide bonds. The molecule has 0 atom stereocenters. The average molecular weight is 445 g/mol. The summed E-state index contributed by atoms with van der Waals surface area (Å²) in [5.74, 6) is 0.488. The van der Waals surface area contributed by atoms with E-state index in [2.05, 4.69) is 16.3 Å². The van der Waals surface area contributed by atoms with Crippen molar-refractivity contribution in [1.82, 2.24) is 14.9 Å². The topological polar surface area (TPSA) is 67.2 Å². The molecule has 0 bridgehead atoms. The van der Waals surface area contributed by atoms with E-state index >= 15 is 0 Å². The highest BCUT2D eigenvalue weighted by Crippen LogP contribution is 2.23. The molecule has 32 heavy (non-hydrogen) atoms. The first-order valence-corrected chi connectivity index (χ1v) is 11.8. The zero-order chi connectivity index (χ0) is 21.9. The molecular formula is C25H24N4O2S. The van der Waals surface area contributed by atoms with Gasteiger partial charge in [-0.1, -0.05) is 24.3 Å². The summed E-state index contributed by atoms with van der Waals surface area (Å²) >= 11 is 1.68. The van der Waals surface area contributed by atoms with Gasteiger partial charge in [-0.3, -0.25) is 9.59 Å². The third kappa shape index (κ3) is 4.03. The second-order valence-electron chi connectivity index (χ2n) is 7.90. The van der Waals surface area contributed by atoms with Gasteiger partial charge in [-0.25, -0.2) is 9.55 Å². The molecule has 162 valence electrons.